The van der Waals surface area contributed by atoms with Gasteiger partial charge in [-0.2, -0.15) is 0 Å². The lowest BCUT2D eigenvalue weighted by Crippen LogP contribution is -2.31. The van der Waals surface area contributed by atoms with Crippen molar-refractivity contribution >= 4 is 5.90 Å². The molecule has 0 saturated heterocycles. The summed E-state index contributed by atoms with van der Waals surface area (Å²) in [4.78, 5) is 0. The average molecular weight is 101 g/mol. The maximum absolute atomic E-state index is 5.18. The molecule has 1 aliphatic rings. The number of nitrogens with two attached hydrogens (primary N) is 1. The summed E-state index contributed by atoms with van der Waals surface area (Å²) < 4.78 is 4.78. The molecule has 0 amide bonds. The lowest BCUT2D eigenvalue weighted by atomic mass is 10.8. The van der Waals surface area contributed by atoms with E-state index in [1.54, 1.807) is 6.92 Å². The molecule has 0 aliphatic carbocycles. The Labute approximate surface area is 41.3 Å². The first kappa shape index (κ1) is 4.39. The van der Waals surface area contributed by atoms with E-state index in [9.17, 15) is 0 Å². The molecule has 1 atom stereocenters. The largest absolute Gasteiger partial charge is 0.442 e. The summed E-state index contributed by atoms with van der Waals surface area (Å²) in [6, 6.07) is 0. The van der Waals surface area contributed by atoms with Crippen molar-refractivity contribution in [1.29, 1.82) is 0 Å². The first-order valence-corrected chi connectivity index (χ1v) is 2.01. The van der Waals surface area contributed by atoms with Gasteiger partial charge in [0.15, 0.2) is 0 Å². The number of hydrogen-bond donors (Lipinski definition) is 2. The molecule has 3 N–H and O–H groups in total. The molecule has 4 heteroatoms. The number of hydrazone groups is 1. The molecule has 0 spiro atoms. The van der Waals surface area contributed by atoms with E-state index in [0.29, 0.717) is 5.90 Å². The summed E-state index contributed by atoms with van der Waals surface area (Å²) in [6.07, 6.45) is -0.431. The summed E-state index contributed by atoms with van der Waals surface area (Å²) in [5.74, 6) is 0.590. The van der Waals surface area contributed by atoms with Crippen LogP contribution in [-0.2, 0) is 4.74 Å². The third-order valence-electron chi connectivity index (χ3n) is 0.647. The van der Waals surface area contributed by atoms with Crippen LogP contribution in [0.2, 0.25) is 0 Å². The third kappa shape index (κ3) is 0.806. The van der Waals surface area contributed by atoms with E-state index in [2.05, 4.69) is 10.5 Å². The second kappa shape index (κ2) is 1.38. The van der Waals surface area contributed by atoms with Crippen LogP contribution in [0, 0.1) is 0 Å². The van der Waals surface area contributed by atoms with Crippen LogP contribution in [0.15, 0.2) is 5.10 Å². The third-order valence-corrected chi connectivity index (χ3v) is 0.647. The topological polar surface area (TPSA) is 59.6 Å². The highest BCUT2D eigenvalue weighted by Gasteiger charge is 2.07. The van der Waals surface area contributed by atoms with E-state index in [0.717, 1.165) is 0 Å². The summed E-state index contributed by atoms with van der Waals surface area (Å²) in [5.41, 5.74) is 7.69. The van der Waals surface area contributed by atoms with Gasteiger partial charge in [-0.25, -0.2) is 0 Å². The van der Waals surface area contributed by atoms with Gasteiger partial charge in [0, 0.05) is 6.92 Å². The lowest BCUT2D eigenvalue weighted by Gasteiger charge is -1.99. The Morgan fingerprint density at radius 1 is 2.00 bits per heavy atom. The molecule has 0 radical (unpaired) electrons. The van der Waals surface area contributed by atoms with Crippen LogP contribution in [0.4, 0.5) is 0 Å². The van der Waals surface area contributed by atoms with Crippen LogP contribution in [0.5, 0.6) is 0 Å². The number of rotatable bonds is 0. The number of nitrogens with one attached hydrogen (secondary N) is 1. The Bertz CT molecular complexity index is 100. The molecule has 7 heavy (non-hydrogen) atoms. The molecule has 0 aromatic rings. The Balaban J connectivity index is 2.42. The second-order valence-corrected chi connectivity index (χ2v) is 1.30. The van der Waals surface area contributed by atoms with Gasteiger partial charge in [0.05, 0.1) is 0 Å². The Hall–Kier alpha value is -0.770. The fourth-order valence-electron chi connectivity index (χ4n) is 0.391. The van der Waals surface area contributed by atoms with E-state index in [-0.39, 0.29) is 0 Å². The van der Waals surface area contributed by atoms with Gasteiger partial charge in [0.2, 0.25) is 12.2 Å². The van der Waals surface area contributed by atoms with Crippen molar-refractivity contribution in [2.75, 3.05) is 0 Å². The van der Waals surface area contributed by atoms with E-state index < -0.39 is 6.35 Å². The fraction of sp³-hybridized carbons (Fsp3) is 0.667. The van der Waals surface area contributed by atoms with E-state index in [1.807, 2.05) is 0 Å². The SMILES string of the molecule is CC1=NNC(N)O1. The molecule has 0 aromatic carbocycles. The molecule has 0 saturated carbocycles. The first-order valence-electron chi connectivity index (χ1n) is 2.01. The second-order valence-electron chi connectivity index (χ2n) is 1.30. The van der Waals surface area contributed by atoms with Crippen LogP contribution >= 0.6 is 0 Å². The Morgan fingerprint density at radius 3 is 2.86 bits per heavy atom. The van der Waals surface area contributed by atoms with Crippen LogP contribution < -0.4 is 11.2 Å². The van der Waals surface area contributed by atoms with Gasteiger partial charge in [0.1, 0.15) is 0 Å². The predicted molar refractivity (Wildman–Crippen MR) is 25.3 cm³/mol. The minimum Gasteiger partial charge on any atom is -0.442 e. The van der Waals surface area contributed by atoms with Crippen molar-refractivity contribution in [3.63, 3.8) is 0 Å². The Kier molecular flexibility index (Phi) is 0.867. The summed E-state index contributed by atoms with van der Waals surface area (Å²) in [5, 5.41) is 3.64. The lowest BCUT2D eigenvalue weighted by molar-refractivity contribution is 0.194. The van der Waals surface area contributed by atoms with Crippen molar-refractivity contribution < 1.29 is 4.74 Å². The molecular weight excluding hydrogens is 94.1 g/mol. The summed E-state index contributed by atoms with van der Waals surface area (Å²) in [6.45, 7) is 1.74. The zero-order valence-corrected chi connectivity index (χ0v) is 4.01. The zero-order valence-electron chi connectivity index (χ0n) is 4.01. The quantitative estimate of drug-likeness (QED) is 0.419. The van der Waals surface area contributed by atoms with Crippen molar-refractivity contribution in [3.05, 3.63) is 0 Å². The maximum atomic E-state index is 5.18. The molecule has 0 fully saturated rings. The van der Waals surface area contributed by atoms with E-state index in [4.69, 9.17) is 10.5 Å². The first-order chi connectivity index (χ1) is 3.29. The van der Waals surface area contributed by atoms with Gasteiger partial charge in [0.25, 0.3) is 0 Å². The molecule has 1 heterocycles. The highest BCUT2D eigenvalue weighted by atomic mass is 16.5. The molecule has 1 unspecified atom stereocenters. The number of ether oxygens (including phenoxy) is 1. The molecule has 1 aliphatic heterocycles. The summed E-state index contributed by atoms with van der Waals surface area (Å²) in [7, 11) is 0. The monoisotopic (exact) mass is 101 g/mol. The normalized spacial score (nSPS) is 28.3. The van der Waals surface area contributed by atoms with Gasteiger partial charge >= 0.3 is 0 Å². The molecule has 1 rings (SSSR count). The standard InChI is InChI=1S/C3H7N3O/c1-2-5-6-3(4)7-2/h3,6H,4H2,1H3. The number of hydrogen-bond acceptors (Lipinski definition) is 4. The van der Waals surface area contributed by atoms with Gasteiger partial charge < -0.3 is 4.74 Å². The van der Waals surface area contributed by atoms with E-state index in [1.165, 1.54) is 0 Å². The van der Waals surface area contributed by atoms with Crippen LogP contribution in [0.3, 0.4) is 0 Å². The minimum atomic E-state index is -0.431. The van der Waals surface area contributed by atoms with Crippen molar-refractivity contribution in [3.8, 4) is 0 Å². The van der Waals surface area contributed by atoms with Crippen molar-refractivity contribution in [1.82, 2.24) is 5.43 Å². The van der Waals surface area contributed by atoms with Crippen LogP contribution in [-0.4, -0.2) is 12.2 Å². The van der Waals surface area contributed by atoms with Gasteiger partial charge in [-0.1, -0.05) is 0 Å². The van der Waals surface area contributed by atoms with Gasteiger partial charge in [-0.05, 0) is 0 Å². The van der Waals surface area contributed by atoms with Crippen molar-refractivity contribution in [2.24, 2.45) is 10.8 Å². The van der Waals surface area contributed by atoms with Crippen LogP contribution in [0.25, 0.3) is 0 Å². The molecule has 4 nitrogen and oxygen atoms in total. The van der Waals surface area contributed by atoms with E-state index >= 15 is 0 Å². The Morgan fingerprint density at radius 2 is 2.71 bits per heavy atom. The minimum absolute atomic E-state index is 0.431. The van der Waals surface area contributed by atoms with Gasteiger partial charge in [-0.3, -0.25) is 11.2 Å². The zero-order chi connectivity index (χ0) is 5.28. The maximum Gasteiger partial charge on any atom is 0.241 e. The molecule has 40 valence electrons. The van der Waals surface area contributed by atoms with Gasteiger partial charge in [-0.15, -0.1) is 5.10 Å². The highest BCUT2D eigenvalue weighted by molar-refractivity contribution is 5.73. The summed E-state index contributed by atoms with van der Waals surface area (Å²) >= 11 is 0. The highest BCUT2D eigenvalue weighted by Crippen LogP contribution is 1.89. The smallest absolute Gasteiger partial charge is 0.241 e. The number of nitrogens with zero attached hydrogens (tertiary/aromatic N) is 1. The molecule has 0 aromatic heterocycles. The molecule has 0 bridgehead atoms. The predicted octanol–water partition coefficient (Wildman–Crippen LogP) is -0.818. The van der Waals surface area contributed by atoms with Crippen LogP contribution in [0.1, 0.15) is 6.92 Å². The fourth-order valence-corrected chi connectivity index (χ4v) is 0.391. The van der Waals surface area contributed by atoms with Crippen molar-refractivity contribution in [2.45, 2.75) is 13.3 Å². The molecular formula is C3H7N3O. The average Bonchev–Trinajstić information content (AvgIpc) is 1.87.